The number of nitrogens with one attached hydrogen (secondary N) is 2. The molecule has 0 aromatic carbocycles. The SMILES string of the molecule is CCNc1nc(Cl)nc(NC(C)CS(C)=O)n1. The normalized spacial score (nSPS) is 14.1. The third-order valence-electron chi connectivity index (χ3n) is 1.80. The highest BCUT2D eigenvalue weighted by Crippen LogP contribution is 2.10. The van der Waals surface area contributed by atoms with Crippen molar-refractivity contribution in [3.63, 3.8) is 0 Å². The summed E-state index contributed by atoms with van der Waals surface area (Å²) >= 11 is 5.77. The number of aromatic nitrogens is 3. The minimum Gasteiger partial charge on any atom is -0.354 e. The van der Waals surface area contributed by atoms with Crippen LogP contribution in [0.5, 0.6) is 0 Å². The number of hydrogen-bond acceptors (Lipinski definition) is 6. The standard InChI is InChI=1S/C9H16ClN5OS/c1-4-11-8-13-7(10)14-9(15-8)12-6(2)5-17(3)16/h6H,4-5H2,1-3H3,(H2,11,12,13,14,15). The van der Waals surface area contributed by atoms with Crippen molar-refractivity contribution in [1.29, 1.82) is 0 Å². The summed E-state index contributed by atoms with van der Waals surface area (Å²) in [7, 11) is -0.866. The van der Waals surface area contributed by atoms with Crippen LogP contribution in [-0.2, 0) is 10.8 Å². The van der Waals surface area contributed by atoms with E-state index in [9.17, 15) is 4.21 Å². The van der Waals surface area contributed by atoms with Crippen LogP contribution in [0.1, 0.15) is 13.8 Å². The van der Waals surface area contributed by atoms with E-state index in [0.717, 1.165) is 0 Å². The third-order valence-corrected chi connectivity index (χ3v) is 2.94. The van der Waals surface area contributed by atoms with E-state index in [1.54, 1.807) is 6.26 Å². The van der Waals surface area contributed by atoms with Gasteiger partial charge in [0.05, 0.1) is 0 Å². The monoisotopic (exact) mass is 277 g/mol. The molecule has 2 atom stereocenters. The van der Waals surface area contributed by atoms with Crippen molar-refractivity contribution in [2.24, 2.45) is 0 Å². The van der Waals surface area contributed by atoms with Gasteiger partial charge in [-0.25, -0.2) is 0 Å². The van der Waals surface area contributed by atoms with Gasteiger partial charge in [0.25, 0.3) is 0 Å². The zero-order valence-electron chi connectivity index (χ0n) is 10.0. The number of nitrogens with zero attached hydrogens (tertiary/aromatic N) is 3. The summed E-state index contributed by atoms with van der Waals surface area (Å²) in [4.78, 5) is 12.0. The smallest absolute Gasteiger partial charge is 0.229 e. The summed E-state index contributed by atoms with van der Waals surface area (Å²) in [6, 6.07) is 0.00813. The molecule has 8 heteroatoms. The lowest BCUT2D eigenvalue weighted by atomic mass is 10.4. The van der Waals surface area contributed by atoms with E-state index in [4.69, 9.17) is 11.6 Å². The van der Waals surface area contributed by atoms with Crippen LogP contribution in [0.2, 0.25) is 5.28 Å². The van der Waals surface area contributed by atoms with Gasteiger partial charge in [0.15, 0.2) is 0 Å². The first kappa shape index (κ1) is 14.1. The molecular weight excluding hydrogens is 262 g/mol. The second-order valence-corrected chi connectivity index (χ2v) is 5.39. The first-order chi connectivity index (χ1) is 8.01. The van der Waals surface area contributed by atoms with E-state index in [-0.39, 0.29) is 11.3 Å². The Bertz CT molecular complexity index is 403. The van der Waals surface area contributed by atoms with Crippen molar-refractivity contribution in [2.75, 3.05) is 29.2 Å². The van der Waals surface area contributed by atoms with E-state index in [1.807, 2.05) is 13.8 Å². The molecule has 2 N–H and O–H groups in total. The summed E-state index contributed by atoms with van der Waals surface area (Å²) in [6.07, 6.45) is 1.66. The van der Waals surface area contributed by atoms with Crippen molar-refractivity contribution in [2.45, 2.75) is 19.9 Å². The van der Waals surface area contributed by atoms with Crippen LogP contribution >= 0.6 is 11.6 Å². The molecule has 0 bridgehead atoms. The Morgan fingerprint density at radius 1 is 1.35 bits per heavy atom. The van der Waals surface area contributed by atoms with Gasteiger partial charge in [-0.3, -0.25) is 4.21 Å². The second-order valence-electron chi connectivity index (χ2n) is 3.57. The van der Waals surface area contributed by atoms with Crippen molar-refractivity contribution in [1.82, 2.24) is 15.0 Å². The molecule has 0 spiro atoms. The largest absolute Gasteiger partial charge is 0.354 e. The van der Waals surface area contributed by atoms with Gasteiger partial charge in [0, 0.05) is 35.4 Å². The molecule has 0 saturated carbocycles. The van der Waals surface area contributed by atoms with Crippen molar-refractivity contribution < 1.29 is 4.21 Å². The maximum absolute atomic E-state index is 11.1. The molecule has 6 nitrogen and oxygen atoms in total. The second kappa shape index (κ2) is 6.70. The molecule has 96 valence electrons. The summed E-state index contributed by atoms with van der Waals surface area (Å²) in [5.41, 5.74) is 0. The first-order valence-electron chi connectivity index (χ1n) is 5.23. The zero-order valence-corrected chi connectivity index (χ0v) is 11.6. The van der Waals surface area contributed by atoms with Crippen molar-refractivity contribution >= 4 is 34.3 Å². The predicted octanol–water partition coefficient (Wildman–Crippen LogP) is 1.14. The van der Waals surface area contributed by atoms with E-state index < -0.39 is 10.8 Å². The molecule has 0 amide bonds. The lowest BCUT2D eigenvalue weighted by Gasteiger charge is -2.12. The fraction of sp³-hybridized carbons (Fsp3) is 0.667. The van der Waals surface area contributed by atoms with Crippen molar-refractivity contribution in [3.8, 4) is 0 Å². The minimum atomic E-state index is -0.866. The molecule has 17 heavy (non-hydrogen) atoms. The Hall–Kier alpha value is -0.950. The van der Waals surface area contributed by atoms with Crippen LogP contribution in [-0.4, -0.2) is 43.8 Å². The molecule has 1 aromatic rings. The third kappa shape index (κ3) is 5.27. The Labute approximate surface area is 108 Å². The van der Waals surface area contributed by atoms with E-state index in [2.05, 4.69) is 25.6 Å². The molecule has 0 saturated heterocycles. The topological polar surface area (TPSA) is 79.8 Å². The van der Waals surface area contributed by atoms with Gasteiger partial charge >= 0.3 is 0 Å². The molecule has 1 rings (SSSR count). The van der Waals surface area contributed by atoms with Crippen LogP contribution in [0.3, 0.4) is 0 Å². The Balaban J connectivity index is 2.72. The van der Waals surface area contributed by atoms with Crippen LogP contribution < -0.4 is 10.6 Å². The fourth-order valence-corrected chi connectivity index (χ4v) is 2.21. The average Bonchev–Trinajstić information content (AvgIpc) is 2.14. The maximum Gasteiger partial charge on any atom is 0.229 e. The maximum atomic E-state index is 11.1. The summed E-state index contributed by atoms with van der Waals surface area (Å²) < 4.78 is 11.1. The summed E-state index contributed by atoms with van der Waals surface area (Å²) in [6.45, 7) is 4.55. The van der Waals surface area contributed by atoms with Gasteiger partial charge in [-0.2, -0.15) is 15.0 Å². The number of halogens is 1. The Morgan fingerprint density at radius 2 is 2.00 bits per heavy atom. The number of rotatable bonds is 6. The highest BCUT2D eigenvalue weighted by Gasteiger charge is 2.09. The molecule has 0 aliphatic heterocycles. The van der Waals surface area contributed by atoms with E-state index >= 15 is 0 Å². The van der Waals surface area contributed by atoms with E-state index in [1.165, 1.54) is 0 Å². The van der Waals surface area contributed by atoms with Crippen LogP contribution in [0, 0.1) is 0 Å². The fourth-order valence-electron chi connectivity index (χ4n) is 1.27. The Morgan fingerprint density at radius 3 is 2.59 bits per heavy atom. The average molecular weight is 278 g/mol. The molecule has 1 aromatic heterocycles. The number of hydrogen-bond donors (Lipinski definition) is 2. The van der Waals surface area contributed by atoms with Gasteiger partial charge in [-0.1, -0.05) is 0 Å². The highest BCUT2D eigenvalue weighted by molar-refractivity contribution is 7.84. The molecule has 2 unspecified atom stereocenters. The van der Waals surface area contributed by atoms with Gasteiger partial charge < -0.3 is 10.6 Å². The Kier molecular flexibility index (Phi) is 5.57. The number of anilines is 2. The van der Waals surface area contributed by atoms with Gasteiger partial charge in [0.1, 0.15) is 0 Å². The minimum absolute atomic E-state index is 0.00813. The molecular formula is C9H16ClN5OS. The van der Waals surface area contributed by atoms with Gasteiger partial charge in [0.2, 0.25) is 17.2 Å². The molecule has 0 fully saturated rings. The molecule has 0 aliphatic carbocycles. The van der Waals surface area contributed by atoms with Crippen LogP contribution in [0.25, 0.3) is 0 Å². The lowest BCUT2D eigenvalue weighted by molar-refractivity contribution is 0.682. The van der Waals surface area contributed by atoms with Gasteiger partial charge in [-0.15, -0.1) is 0 Å². The molecule has 0 aliphatic rings. The first-order valence-corrected chi connectivity index (χ1v) is 7.33. The zero-order chi connectivity index (χ0) is 12.8. The summed E-state index contributed by atoms with van der Waals surface area (Å²) in [5.74, 6) is 1.35. The highest BCUT2D eigenvalue weighted by atomic mass is 35.5. The van der Waals surface area contributed by atoms with Gasteiger partial charge in [-0.05, 0) is 25.4 Å². The van der Waals surface area contributed by atoms with E-state index in [0.29, 0.717) is 24.2 Å². The quantitative estimate of drug-likeness (QED) is 0.812. The molecule has 0 radical (unpaired) electrons. The van der Waals surface area contributed by atoms with Crippen LogP contribution in [0.4, 0.5) is 11.9 Å². The lowest BCUT2D eigenvalue weighted by Crippen LogP contribution is -2.24. The molecule has 1 heterocycles. The van der Waals surface area contributed by atoms with Crippen LogP contribution in [0.15, 0.2) is 0 Å². The van der Waals surface area contributed by atoms with Crippen molar-refractivity contribution in [3.05, 3.63) is 5.28 Å². The summed E-state index contributed by atoms with van der Waals surface area (Å²) in [5, 5.41) is 6.12. The predicted molar refractivity (Wildman–Crippen MR) is 71.0 cm³/mol.